The van der Waals surface area contributed by atoms with Crippen molar-refractivity contribution < 1.29 is 20.1 Å². The number of aliphatic hydroxyl groups excluding tert-OH is 3. The first-order chi connectivity index (χ1) is 12.3. The molecular weight excluding hydrogens is 336 g/mol. The SMILES string of the molecule is CC1(C)Oc2ccc(C#N)cc2[C@H](n2cc(CO)c(CO)cc2=O)[C@H]1O. The van der Waals surface area contributed by atoms with E-state index >= 15 is 0 Å². The zero-order chi connectivity index (χ0) is 19.1. The number of fused-ring (bicyclic) bond motifs is 1. The Bertz CT molecular complexity index is 942. The second kappa shape index (κ2) is 6.57. The number of aliphatic hydroxyl groups is 3. The first-order valence-electron chi connectivity index (χ1n) is 8.19. The van der Waals surface area contributed by atoms with Crippen LogP contribution < -0.4 is 10.3 Å². The van der Waals surface area contributed by atoms with Crippen LogP contribution in [0.2, 0.25) is 0 Å². The van der Waals surface area contributed by atoms with E-state index in [0.29, 0.717) is 28.0 Å². The molecular formula is C19H20N2O5. The minimum absolute atomic E-state index is 0.334. The Morgan fingerprint density at radius 2 is 1.92 bits per heavy atom. The Hall–Kier alpha value is -2.66. The third-order valence-electron chi connectivity index (χ3n) is 4.74. The maximum atomic E-state index is 12.6. The summed E-state index contributed by atoms with van der Waals surface area (Å²) in [6.45, 7) is 2.70. The Balaban J connectivity index is 2.27. The van der Waals surface area contributed by atoms with Gasteiger partial charge in [-0.05, 0) is 43.2 Å². The van der Waals surface area contributed by atoms with Gasteiger partial charge in [0.15, 0.2) is 0 Å². The van der Waals surface area contributed by atoms with Crippen molar-refractivity contribution in [2.24, 2.45) is 0 Å². The molecule has 1 aromatic heterocycles. The van der Waals surface area contributed by atoms with Gasteiger partial charge >= 0.3 is 0 Å². The molecule has 2 atom stereocenters. The summed E-state index contributed by atoms with van der Waals surface area (Å²) in [5.74, 6) is 0.480. The van der Waals surface area contributed by atoms with E-state index in [2.05, 4.69) is 0 Å². The number of pyridine rings is 1. The van der Waals surface area contributed by atoms with Gasteiger partial charge in [0.1, 0.15) is 17.5 Å². The van der Waals surface area contributed by atoms with Gasteiger partial charge in [-0.1, -0.05) is 0 Å². The van der Waals surface area contributed by atoms with Gasteiger partial charge < -0.3 is 24.6 Å². The van der Waals surface area contributed by atoms with Gasteiger partial charge in [0.2, 0.25) is 0 Å². The highest BCUT2D eigenvalue weighted by atomic mass is 16.5. The Kier molecular flexibility index (Phi) is 4.59. The molecule has 7 heteroatoms. The van der Waals surface area contributed by atoms with Crippen LogP contribution >= 0.6 is 0 Å². The van der Waals surface area contributed by atoms with Crippen molar-refractivity contribution in [3.05, 3.63) is 63.1 Å². The molecule has 3 rings (SSSR count). The Morgan fingerprint density at radius 1 is 1.23 bits per heavy atom. The van der Waals surface area contributed by atoms with E-state index in [4.69, 9.17) is 4.74 Å². The summed E-state index contributed by atoms with van der Waals surface area (Å²) in [7, 11) is 0. The number of benzene rings is 1. The molecule has 2 heterocycles. The Labute approximate surface area is 150 Å². The van der Waals surface area contributed by atoms with E-state index < -0.39 is 23.3 Å². The quantitative estimate of drug-likeness (QED) is 0.750. The number of ether oxygens (including phenoxy) is 1. The number of hydrogen-bond acceptors (Lipinski definition) is 6. The van der Waals surface area contributed by atoms with Crippen LogP contribution in [0, 0.1) is 11.3 Å². The summed E-state index contributed by atoms with van der Waals surface area (Å²) < 4.78 is 7.18. The highest BCUT2D eigenvalue weighted by Crippen LogP contribution is 2.41. The molecule has 0 bridgehead atoms. The van der Waals surface area contributed by atoms with E-state index in [1.165, 1.54) is 16.8 Å². The molecule has 0 amide bonds. The highest BCUT2D eigenvalue weighted by molar-refractivity contribution is 5.47. The first kappa shape index (κ1) is 18.1. The van der Waals surface area contributed by atoms with Crippen LogP contribution in [0.15, 0.2) is 35.3 Å². The summed E-state index contributed by atoms with van der Waals surface area (Å²) >= 11 is 0. The molecule has 0 saturated carbocycles. The lowest BCUT2D eigenvalue weighted by Gasteiger charge is -2.42. The predicted molar refractivity (Wildman–Crippen MR) is 92.6 cm³/mol. The van der Waals surface area contributed by atoms with Gasteiger partial charge in [0, 0.05) is 17.8 Å². The van der Waals surface area contributed by atoms with Gasteiger partial charge in [-0.2, -0.15) is 5.26 Å². The van der Waals surface area contributed by atoms with E-state index in [9.17, 15) is 25.4 Å². The molecule has 0 aliphatic carbocycles. The molecule has 0 fully saturated rings. The second-order valence-electron chi connectivity index (χ2n) is 6.85. The Morgan fingerprint density at radius 3 is 2.54 bits per heavy atom. The number of rotatable bonds is 3. The summed E-state index contributed by atoms with van der Waals surface area (Å²) in [6.07, 6.45) is 0.361. The number of hydrogen-bond donors (Lipinski definition) is 3. The highest BCUT2D eigenvalue weighted by Gasteiger charge is 2.44. The van der Waals surface area contributed by atoms with Crippen molar-refractivity contribution in [2.75, 3.05) is 0 Å². The zero-order valence-corrected chi connectivity index (χ0v) is 14.5. The van der Waals surface area contributed by atoms with Gasteiger partial charge in [-0.3, -0.25) is 4.79 Å². The lowest BCUT2D eigenvalue weighted by atomic mass is 9.85. The number of nitrogens with zero attached hydrogens (tertiary/aromatic N) is 2. The summed E-state index contributed by atoms with van der Waals surface area (Å²) in [5.41, 5.74) is 0.217. The third-order valence-corrected chi connectivity index (χ3v) is 4.74. The van der Waals surface area contributed by atoms with Crippen LogP contribution in [-0.2, 0) is 13.2 Å². The topological polar surface area (TPSA) is 116 Å². The molecule has 1 aliphatic rings. The molecule has 0 saturated heterocycles. The van der Waals surface area contributed by atoms with Crippen molar-refractivity contribution in [2.45, 2.75) is 44.8 Å². The number of aromatic nitrogens is 1. The summed E-state index contributed by atoms with van der Waals surface area (Å²) in [5, 5.41) is 39.0. The van der Waals surface area contributed by atoms with Crippen LogP contribution in [0.1, 0.15) is 42.1 Å². The van der Waals surface area contributed by atoms with Gasteiger partial charge in [-0.25, -0.2) is 0 Å². The van der Waals surface area contributed by atoms with Gasteiger partial charge in [0.25, 0.3) is 5.56 Å². The molecule has 1 aromatic carbocycles. The van der Waals surface area contributed by atoms with Crippen molar-refractivity contribution >= 4 is 0 Å². The molecule has 3 N–H and O–H groups in total. The van der Waals surface area contributed by atoms with Crippen molar-refractivity contribution in [3.63, 3.8) is 0 Å². The summed E-state index contributed by atoms with van der Waals surface area (Å²) in [4.78, 5) is 12.6. The standard InChI is InChI=1S/C19H20N2O5/c1-19(2)18(25)17(14-5-11(7-20)3-4-15(14)26-19)21-8-13(10-23)12(9-22)6-16(21)24/h3-6,8,17-18,22-23,25H,9-10H2,1-2H3/t17-,18+/m0/s1. The maximum Gasteiger partial charge on any atom is 0.251 e. The van der Waals surface area contributed by atoms with Crippen molar-refractivity contribution in [3.8, 4) is 11.8 Å². The average Bonchev–Trinajstić information content (AvgIpc) is 2.62. The normalized spacial score (nSPS) is 20.8. The fraction of sp³-hybridized carbons (Fsp3) is 0.368. The molecule has 0 spiro atoms. The molecule has 7 nitrogen and oxygen atoms in total. The van der Waals surface area contributed by atoms with Crippen molar-refractivity contribution in [1.29, 1.82) is 5.26 Å². The van der Waals surface area contributed by atoms with Crippen LogP contribution in [0.5, 0.6) is 5.75 Å². The molecule has 0 radical (unpaired) electrons. The fourth-order valence-electron chi connectivity index (χ4n) is 3.28. The van der Waals surface area contributed by atoms with Gasteiger partial charge in [-0.15, -0.1) is 0 Å². The fourth-order valence-corrected chi connectivity index (χ4v) is 3.28. The van der Waals surface area contributed by atoms with E-state index in [1.54, 1.807) is 32.0 Å². The third kappa shape index (κ3) is 2.88. The largest absolute Gasteiger partial charge is 0.485 e. The lowest BCUT2D eigenvalue weighted by molar-refractivity contribution is -0.0643. The van der Waals surface area contributed by atoms with Crippen LogP contribution in [-0.4, -0.2) is 31.6 Å². The van der Waals surface area contributed by atoms with E-state index in [1.807, 2.05) is 6.07 Å². The average molecular weight is 356 g/mol. The van der Waals surface area contributed by atoms with Crippen LogP contribution in [0.4, 0.5) is 0 Å². The van der Waals surface area contributed by atoms with E-state index in [-0.39, 0.29) is 13.2 Å². The predicted octanol–water partition coefficient (Wildman–Crippen LogP) is 0.826. The maximum absolute atomic E-state index is 12.6. The molecule has 26 heavy (non-hydrogen) atoms. The minimum atomic E-state index is -1.08. The van der Waals surface area contributed by atoms with Crippen LogP contribution in [0.25, 0.3) is 0 Å². The molecule has 1 aliphatic heterocycles. The lowest BCUT2D eigenvalue weighted by Crippen LogP contribution is -2.52. The second-order valence-corrected chi connectivity index (χ2v) is 6.85. The van der Waals surface area contributed by atoms with E-state index in [0.717, 1.165) is 0 Å². The summed E-state index contributed by atoms with van der Waals surface area (Å²) in [6, 6.07) is 7.33. The molecule has 2 aromatic rings. The smallest absolute Gasteiger partial charge is 0.251 e. The first-order valence-corrected chi connectivity index (χ1v) is 8.19. The number of nitriles is 1. The van der Waals surface area contributed by atoms with Crippen LogP contribution in [0.3, 0.4) is 0 Å². The van der Waals surface area contributed by atoms with Gasteiger partial charge in [0.05, 0.1) is 30.9 Å². The molecule has 0 unspecified atom stereocenters. The monoisotopic (exact) mass is 356 g/mol. The molecule has 136 valence electrons. The zero-order valence-electron chi connectivity index (χ0n) is 14.5. The minimum Gasteiger partial charge on any atom is -0.485 e. The van der Waals surface area contributed by atoms with Crippen molar-refractivity contribution in [1.82, 2.24) is 4.57 Å².